The highest BCUT2D eigenvalue weighted by Crippen LogP contribution is 2.47. The number of benzene rings is 2. The van der Waals surface area contributed by atoms with Gasteiger partial charge in [-0.15, -0.1) is 11.3 Å². The second-order valence-corrected chi connectivity index (χ2v) is 11.6. The zero-order valence-corrected chi connectivity index (χ0v) is 22.4. The molecule has 0 spiro atoms. The van der Waals surface area contributed by atoms with Crippen molar-refractivity contribution in [2.45, 2.75) is 38.9 Å². The molecule has 5 rings (SSSR count). The number of hydrogen-bond donors (Lipinski definition) is 0. The summed E-state index contributed by atoms with van der Waals surface area (Å²) in [5.74, 6) is 0.978. The first kappa shape index (κ1) is 24.7. The Morgan fingerprint density at radius 3 is 2.75 bits per heavy atom. The lowest BCUT2D eigenvalue weighted by atomic mass is 9.73. The third kappa shape index (κ3) is 5.08. The summed E-state index contributed by atoms with van der Waals surface area (Å²) < 4.78 is 7.21. The molecule has 2 aromatic carbocycles. The molecule has 0 aliphatic heterocycles. The molecule has 1 aromatic heterocycles. The number of rotatable bonds is 7. The summed E-state index contributed by atoms with van der Waals surface area (Å²) in [6, 6.07) is 16.3. The van der Waals surface area contributed by atoms with E-state index in [9.17, 15) is 10.5 Å². The van der Waals surface area contributed by atoms with Crippen molar-refractivity contribution in [2.24, 2.45) is 17.3 Å². The minimum absolute atomic E-state index is 0.122. The van der Waals surface area contributed by atoms with E-state index in [0.29, 0.717) is 24.0 Å². The summed E-state index contributed by atoms with van der Waals surface area (Å²) in [4.78, 5) is 5.30. The number of nitriles is 2. The first-order valence-electron chi connectivity index (χ1n) is 12.1. The molecule has 3 aromatic rings. The van der Waals surface area contributed by atoms with Gasteiger partial charge in [-0.1, -0.05) is 49.4 Å². The number of fused-ring (bicyclic) bond motifs is 2. The molecule has 2 bridgehead atoms. The molecule has 4 nitrogen and oxygen atoms in total. The van der Waals surface area contributed by atoms with Crippen LogP contribution in [0.15, 0.2) is 76.9 Å². The van der Waals surface area contributed by atoms with E-state index in [1.165, 1.54) is 6.42 Å². The summed E-state index contributed by atoms with van der Waals surface area (Å²) in [6.45, 7) is 2.73. The monoisotopic (exact) mass is 555 g/mol. The van der Waals surface area contributed by atoms with Crippen LogP contribution in [-0.4, -0.2) is 4.98 Å². The first-order valence-corrected chi connectivity index (χ1v) is 13.7. The van der Waals surface area contributed by atoms with Crippen LogP contribution in [0.4, 0.5) is 0 Å². The first-order chi connectivity index (χ1) is 17.5. The lowest BCUT2D eigenvalue weighted by Gasteiger charge is -2.31. The topological polar surface area (TPSA) is 69.7 Å². The highest BCUT2D eigenvalue weighted by Gasteiger charge is 2.37. The zero-order chi connectivity index (χ0) is 25.1. The molecule has 2 aliphatic carbocycles. The maximum atomic E-state index is 9.88. The fourth-order valence-electron chi connectivity index (χ4n) is 5.34. The summed E-state index contributed by atoms with van der Waals surface area (Å²) >= 11 is 5.03. The molecule has 0 N–H and O–H groups in total. The van der Waals surface area contributed by atoms with Gasteiger partial charge in [0.05, 0.1) is 34.2 Å². The third-order valence-electron chi connectivity index (χ3n) is 7.38. The quantitative estimate of drug-likeness (QED) is 0.280. The smallest absolute Gasteiger partial charge is 0.119 e. The average molecular weight is 557 g/mol. The van der Waals surface area contributed by atoms with Crippen molar-refractivity contribution in [3.05, 3.63) is 110 Å². The number of ether oxygens (including phenoxy) is 1. The van der Waals surface area contributed by atoms with Gasteiger partial charge in [-0.05, 0) is 87.3 Å². The fourth-order valence-corrected chi connectivity index (χ4v) is 6.55. The predicted octanol–water partition coefficient (Wildman–Crippen LogP) is 7.66. The van der Waals surface area contributed by atoms with Crippen molar-refractivity contribution < 1.29 is 4.74 Å². The van der Waals surface area contributed by atoms with Gasteiger partial charge < -0.3 is 4.74 Å². The maximum Gasteiger partial charge on any atom is 0.119 e. The number of hydrogen-bond acceptors (Lipinski definition) is 5. The molecular formula is C30H26BrN3OS. The van der Waals surface area contributed by atoms with Crippen LogP contribution in [0.2, 0.25) is 0 Å². The van der Waals surface area contributed by atoms with Crippen LogP contribution < -0.4 is 0 Å². The van der Waals surface area contributed by atoms with Gasteiger partial charge in [0.25, 0.3) is 0 Å². The molecule has 180 valence electrons. The van der Waals surface area contributed by atoms with Gasteiger partial charge in [-0.2, -0.15) is 10.5 Å². The van der Waals surface area contributed by atoms with Gasteiger partial charge in [0.15, 0.2) is 0 Å². The fraction of sp³-hybridized carbons (Fsp3) is 0.300. The second kappa shape index (κ2) is 10.5. The molecule has 4 atom stereocenters. The Bertz CT molecular complexity index is 1400. The molecule has 0 fully saturated rings. The Kier molecular flexibility index (Phi) is 7.21. The van der Waals surface area contributed by atoms with Crippen molar-refractivity contribution in [2.75, 3.05) is 0 Å². The molecule has 0 radical (unpaired) electrons. The van der Waals surface area contributed by atoms with E-state index in [2.05, 4.69) is 70.3 Å². The molecule has 2 aliphatic rings. The number of aromatic nitrogens is 1. The van der Waals surface area contributed by atoms with E-state index >= 15 is 0 Å². The van der Waals surface area contributed by atoms with Crippen LogP contribution in [0.5, 0.6) is 0 Å². The van der Waals surface area contributed by atoms with E-state index in [0.717, 1.165) is 44.4 Å². The van der Waals surface area contributed by atoms with E-state index < -0.39 is 0 Å². The van der Waals surface area contributed by atoms with Crippen molar-refractivity contribution >= 4 is 27.3 Å². The molecule has 36 heavy (non-hydrogen) atoms. The van der Waals surface area contributed by atoms with E-state index in [-0.39, 0.29) is 11.5 Å². The lowest BCUT2D eigenvalue weighted by molar-refractivity contribution is 0.0688. The lowest BCUT2D eigenvalue weighted by Crippen LogP contribution is -2.24. The summed E-state index contributed by atoms with van der Waals surface area (Å²) in [7, 11) is 0. The van der Waals surface area contributed by atoms with Gasteiger partial charge >= 0.3 is 0 Å². The van der Waals surface area contributed by atoms with E-state index in [1.807, 2.05) is 36.0 Å². The number of halogens is 1. The van der Waals surface area contributed by atoms with Gasteiger partial charge in [-0.25, -0.2) is 0 Å². The third-order valence-corrected chi connectivity index (χ3v) is 8.85. The Morgan fingerprint density at radius 1 is 1.17 bits per heavy atom. The molecule has 3 unspecified atom stereocenters. The van der Waals surface area contributed by atoms with Crippen LogP contribution in [0.3, 0.4) is 0 Å². The van der Waals surface area contributed by atoms with Crippen LogP contribution in [0.25, 0.3) is 0 Å². The highest BCUT2D eigenvalue weighted by molar-refractivity contribution is 9.10. The standard InChI is InChI=1S/C30H26BrN3OS/c1-30-10-9-20(14-30)3-2-4-26(30)13-25-12-22(7-8-23(25)15-32)29(28-17-34-19-36-28)35-18-21-5-6-24(16-33)27(31)11-21/h2,4-12,17,19-20,26,29H,3,13-14,18H2,1H3/t20?,26-,29?,30?/m0/s1. The van der Waals surface area contributed by atoms with Gasteiger partial charge in [0.2, 0.25) is 0 Å². The molecule has 1 heterocycles. The SMILES string of the molecule is CC12C=CC(CC=C[C@H]1Cc1cc(C(OCc3ccc(C#N)c(Br)c3)c3cncs3)ccc1C#N)C2. The van der Waals surface area contributed by atoms with Gasteiger partial charge in [0.1, 0.15) is 12.2 Å². The number of allylic oxidation sites excluding steroid dienone is 4. The molecule has 0 saturated heterocycles. The minimum Gasteiger partial charge on any atom is -0.363 e. The predicted molar refractivity (Wildman–Crippen MR) is 145 cm³/mol. The van der Waals surface area contributed by atoms with Crippen molar-refractivity contribution in [3.8, 4) is 12.1 Å². The van der Waals surface area contributed by atoms with Crippen LogP contribution in [0, 0.1) is 39.9 Å². The van der Waals surface area contributed by atoms with Crippen molar-refractivity contribution in [1.29, 1.82) is 10.5 Å². The zero-order valence-electron chi connectivity index (χ0n) is 20.0. The second-order valence-electron chi connectivity index (χ2n) is 9.85. The number of thiazole rings is 1. The Labute approximate surface area is 224 Å². The molecular weight excluding hydrogens is 530 g/mol. The van der Waals surface area contributed by atoms with E-state index in [1.54, 1.807) is 17.4 Å². The van der Waals surface area contributed by atoms with Crippen molar-refractivity contribution in [3.63, 3.8) is 0 Å². The van der Waals surface area contributed by atoms with Gasteiger partial charge in [0, 0.05) is 10.7 Å². The molecule has 0 amide bonds. The summed E-state index contributed by atoms with van der Waals surface area (Å²) in [6.07, 6.45) is 14.1. The molecule has 6 heteroatoms. The summed E-state index contributed by atoms with van der Waals surface area (Å²) in [5, 5.41) is 19.1. The van der Waals surface area contributed by atoms with Gasteiger partial charge in [-0.3, -0.25) is 4.98 Å². The highest BCUT2D eigenvalue weighted by atomic mass is 79.9. The largest absolute Gasteiger partial charge is 0.363 e. The Morgan fingerprint density at radius 2 is 2.00 bits per heavy atom. The van der Waals surface area contributed by atoms with Crippen LogP contribution >= 0.6 is 27.3 Å². The van der Waals surface area contributed by atoms with Crippen LogP contribution in [0.1, 0.15) is 58.6 Å². The number of nitrogens with zero attached hydrogens (tertiary/aromatic N) is 3. The maximum absolute atomic E-state index is 9.88. The Hall–Kier alpha value is -3.03. The van der Waals surface area contributed by atoms with Crippen molar-refractivity contribution in [1.82, 2.24) is 4.98 Å². The normalized spacial score (nSPS) is 23.1. The van der Waals surface area contributed by atoms with E-state index in [4.69, 9.17) is 4.74 Å². The van der Waals surface area contributed by atoms with Crippen LogP contribution in [-0.2, 0) is 17.8 Å². The molecule has 0 saturated carbocycles. The minimum atomic E-state index is -0.297. The average Bonchev–Trinajstić information content (AvgIpc) is 3.51. The Balaban J connectivity index is 1.44. The summed E-state index contributed by atoms with van der Waals surface area (Å²) in [5.41, 5.74) is 6.30.